The summed E-state index contributed by atoms with van der Waals surface area (Å²) in [5.74, 6) is 1.53. The van der Waals surface area contributed by atoms with Crippen molar-refractivity contribution in [2.24, 2.45) is 13.0 Å². The second-order valence-corrected chi connectivity index (χ2v) is 6.40. The second kappa shape index (κ2) is 7.95. The van der Waals surface area contributed by atoms with Gasteiger partial charge in [0.15, 0.2) is 0 Å². The number of hydrogen-bond donors (Lipinski definition) is 2. The van der Waals surface area contributed by atoms with E-state index in [0.717, 1.165) is 42.7 Å². The van der Waals surface area contributed by atoms with Crippen LogP contribution in [0.15, 0.2) is 18.2 Å². The Labute approximate surface area is 137 Å². The van der Waals surface area contributed by atoms with Gasteiger partial charge in [-0.2, -0.15) is 0 Å². The fourth-order valence-electron chi connectivity index (χ4n) is 2.95. The molecular weight excluding hydrogens is 298 g/mol. The third-order valence-corrected chi connectivity index (χ3v) is 4.45. The van der Waals surface area contributed by atoms with Gasteiger partial charge in [0.05, 0.1) is 17.1 Å². The minimum atomic E-state index is 0.161. The predicted octanol–water partition coefficient (Wildman–Crippen LogP) is 3.68. The Morgan fingerprint density at radius 1 is 1.36 bits per heavy atom. The molecule has 0 fully saturated rings. The van der Waals surface area contributed by atoms with Crippen LogP contribution < -0.4 is 5.32 Å². The fourth-order valence-corrected chi connectivity index (χ4v) is 3.12. The summed E-state index contributed by atoms with van der Waals surface area (Å²) < 4.78 is 2.12. The van der Waals surface area contributed by atoms with Crippen molar-refractivity contribution >= 4 is 22.6 Å². The molecule has 0 bridgehead atoms. The molecule has 1 aromatic heterocycles. The number of nitrogens with one attached hydrogen (secondary N) is 1. The molecule has 2 unspecified atom stereocenters. The SMILES string of the molecule is CCCC(CCO)CNC(C)c1nc2cc(Cl)ccc2n1C. The van der Waals surface area contributed by atoms with Crippen molar-refractivity contribution < 1.29 is 5.11 Å². The molecule has 2 rings (SSSR count). The standard InChI is InChI=1S/C17H26ClN3O/c1-4-5-13(8-9-22)11-19-12(2)17-20-15-10-14(18)6-7-16(15)21(17)3/h6-7,10,12-13,19,22H,4-5,8-9,11H2,1-3H3. The lowest BCUT2D eigenvalue weighted by molar-refractivity contribution is 0.245. The first kappa shape index (κ1) is 17.3. The number of aryl methyl sites for hydroxylation is 1. The van der Waals surface area contributed by atoms with Gasteiger partial charge in [-0.15, -0.1) is 0 Å². The number of hydrogen-bond acceptors (Lipinski definition) is 3. The smallest absolute Gasteiger partial charge is 0.126 e. The van der Waals surface area contributed by atoms with E-state index in [4.69, 9.17) is 21.7 Å². The summed E-state index contributed by atoms with van der Waals surface area (Å²) in [6.07, 6.45) is 3.13. The topological polar surface area (TPSA) is 50.1 Å². The summed E-state index contributed by atoms with van der Waals surface area (Å²) in [6, 6.07) is 5.96. The quantitative estimate of drug-likeness (QED) is 0.779. The molecule has 0 aliphatic carbocycles. The van der Waals surface area contributed by atoms with Gasteiger partial charge in [0.1, 0.15) is 5.82 Å². The molecule has 2 N–H and O–H groups in total. The Morgan fingerprint density at radius 3 is 2.82 bits per heavy atom. The monoisotopic (exact) mass is 323 g/mol. The fraction of sp³-hybridized carbons (Fsp3) is 0.588. The number of halogens is 1. The first-order chi connectivity index (χ1) is 10.6. The molecule has 0 spiro atoms. The Balaban J connectivity index is 2.09. The minimum Gasteiger partial charge on any atom is -0.396 e. The van der Waals surface area contributed by atoms with Gasteiger partial charge in [-0.3, -0.25) is 0 Å². The lowest BCUT2D eigenvalue weighted by atomic mass is 10.00. The van der Waals surface area contributed by atoms with E-state index in [1.807, 2.05) is 25.2 Å². The highest BCUT2D eigenvalue weighted by Crippen LogP contribution is 2.23. The van der Waals surface area contributed by atoms with Gasteiger partial charge in [0.2, 0.25) is 0 Å². The van der Waals surface area contributed by atoms with Gasteiger partial charge < -0.3 is 15.0 Å². The molecule has 0 aliphatic rings. The number of fused-ring (bicyclic) bond motifs is 1. The average Bonchev–Trinajstić information content (AvgIpc) is 2.81. The zero-order valence-electron chi connectivity index (χ0n) is 13.6. The van der Waals surface area contributed by atoms with E-state index in [1.54, 1.807) is 0 Å². The molecule has 1 heterocycles. The molecule has 5 heteroatoms. The maximum atomic E-state index is 9.15. The normalized spacial score (nSPS) is 14.4. The Hall–Kier alpha value is -1.10. The highest BCUT2D eigenvalue weighted by Gasteiger charge is 2.16. The van der Waals surface area contributed by atoms with Gasteiger partial charge in [0.25, 0.3) is 0 Å². The molecule has 0 saturated heterocycles. The number of aliphatic hydroxyl groups is 1. The molecule has 0 saturated carbocycles. The van der Waals surface area contributed by atoms with Crippen molar-refractivity contribution in [2.45, 2.75) is 39.2 Å². The minimum absolute atomic E-state index is 0.161. The Morgan fingerprint density at radius 2 is 2.14 bits per heavy atom. The van der Waals surface area contributed by atoms with E-state index in [-0.39, 0.29) is 12.6 Å². The molecule has 0 amide bonds. The molecule has 0 aliphatic heterocycles. The van der Waals surface area contributed by atoms with Crippen LogP contribution in [0.4, 0.5) is 0 Å². The summed E-state index contributed by atoms with van der Waals surface area (Å²) in [6.45, 7) is 5.47. The molecule has 122 valence electrons. The first-order valence-corrected chi connectivity index (χ1v) is 8.40. The van der Waals surface area contributed by atoms with Crippen molar-refractivity contribution in [3.63, 3.8) is 0 Å². The zero-order valence-corrected chi connectivity index (χ0v) is 14.4. The summed E-state index contributed by atoms with van der Waals surface area (Å²) in [4.78, 5) is 4.71. The van der Waals surface area contributed by atoms with Crippen LogP contribution in [0.2, 0.25) is 5.02 Å². The summed E-state index contributed by atoms with van der Waals surface area (Å²) in [7, 11) is 2.04. The van der Waals surface area contributed by atoms with Crippen molar-refractivity contribution in [1.29, 1.82) is 0 Å². The average molecular weight is 324 g/mol. The highest BCUT2D eigenvalue weighted by atomic mass is 35.5. The van der Waals surface area contributed by atoms with E-state index in [0.29, 0.717) is 10.9 Å². The van der Waals surface area contributed by atoms with E-state index in [2.05, 4.69) is 23.7 Å². The summed E-state index contributed by atoms with van der Waals surface area (Å²) in [5, 5.41) is 13.4. The van der Waals surface area contributed by atoms with Crippen molar-refractivity contribution in [2.75, 3.05) is 13.2 Å². The van der Waals surface area contributed by atoms with Crippen molar-refractivity contribution in [3.05, 3.63) is 29.0 Å². The number of aliphatic hydroxyl groups excluding tert-OH is 1. The van der Waals surface area contributed by atoms with E-state index in [1.165, 1.54) is 0 Å². The first-order valence-electron chi connectivity index (χ1n) is 8.02. The van der Waals surface area contributed by atoms with Gasteiger partial charge in [-0.25, -0.2) is 4.98 Å². The van der Waals surface area contributed by atoms with E-state index in [9.17, 15) is 0 Å². The number of aromatic nitrogens is 2. The Kier molecular flexibility index (Phi) is 6.24. The Bertz CT molecular complexity index is 605. The molecule has 0 radical (unpaired) electrons. The van der Waals surface area contributed by atoms with Gasteiger partial charge >= 0.3 is 0 Å². The molecule has 1 aromatic carbocycles. The molecule has 22 heavy (non-hydrogen) atoms. The van der Waals surface area contributed by atoms with E-state index < -0.39 is 0 Å². The van der Waals surface area contributed by atoms with Crippen molar-refractivity contribution in [3.8, 4) is 0 Å². The van der Waals surface area contributed by atoms with Gasteiger partial charge in [-0.05, 0) is 50.4 Å². The third kappa shape index (κ3) is 4.00. The van der Waals surface area contributed by atoms with Gasteiger partial charge in [-0.1, -0.05) is 24.9 Å². The number of benzene rings is 1. The summed E-state index contributed by atoms with van der Waals surface area (Å²) in [5.41, 5.74) is 2.02. The van der Waals surface area contributed by atoms with Crippen LogP contribution in [-0.4, -0.2) is 27.8 Å². The lowest BCUT2D eigenvalue weighted by Gasteiger charge is -2.19. The number of nitrogens with zero attached hydrogens (tertiary/aromatic N) is 2. The number of imidazole rings is 1. The van der Waals surface area contributed by atoms with Crippen LogP contribution in [0, 0.1) is 5.92 Å². The van der Waals surface area contributed by atoms with Crippen LogP contribution >= 0.6 is 11.6 Å². The predicted molar refractivity (Wildman–Crippen MR) is 92.2 cm³/mol. The maximum Gasteiger partial charge on any atom is 0.126 e. The second-order valence-electron chi connectivity index (χ2n) is 5.96. The maximum absolute atomic E-state index is 9.15. The zero-order chi connectivity index (χ0) is 16.1. The van der Waals surface area contributed by atoms with Crippen LogP contribution in [0.3, 0.4) is 0 Å². The molecular formula is C17H26ClN3O. The van der Waals surface area contributed by atoms with Crippen molar-refractivity contribution in [1.82, 2.24) is 14.9 Å². The third-order valence-electron chi connectivity index (χ3n) is 4.21. The van der Waals surface area contributed by atoms with Crippen LogP contribution in [0.5, 0.6) is 0 Å². The highest BCUT2D eigenvalue weighted by molar-refractivity contribution is 6.31. The van der Waals surface area contributed by atoms with Crippen LogP contribution in [0.25, 0.3) is 11.0 Å². The lowest BCUT2D eigenvalue weighted by Crippen LogP contribution is -2.28. The molecule has 2 aromatic rings. The van der Waals surface area contributed by atoms with Crippen LogP contribution in [-0.2, 0) is 7.05 Å². The largest absolute Gasteiger partial charge is 0.396 e. The van der Waals surface area contributed by atoms with Gasteiger partial charge in [0, 0.05) is 18.7 Å². The summed E-state index contributed by atoms with van der Waals surface area (Å²) >= 11 is 6.04. The van der Waals surface area contributed by atoms with Crippen LogP contribution in [0.1, 0.15) is 45.0 Å². The number of rotatable bonds is 8. The molecule has 2 atom stereocenters. The molecule has 4 nitrogen and oxygen atoms in total. The van der Waals surface area contributed by atoms with E-state index >= 15 is 0 Å².